The lowest BCUT2D eigenvalue weighted by molar-refractivity contribution is 0.660. The molecule has 2 nitrogen and oxygen atoms in total. The van der Waals surface area contributed by atoms with Crippen LogP contribution in [-0.4, -0.2) is 0 Å². The van der Waals surface area contributed by atoms with E-state index in [-0.39, 0.29) is 5.41 Å². The molecule has 1 heterocycles. The van der Waals surface area contributed by atoms with Crippen molar-refractivity contribution in [3.63, 3.8) is 0 Å². The molecule has 0 radical (unpaired) electrons. The summed E-state index contributed by atoms with van der Waals surface area (Å²) in [6, 6.07) is 82.8. The monoisotopic (exact) mass is 841 g/mol. The quantitative estimate of drug-likeness (QED) is 0.172. The highest BCUT2D eigenvalue weighted by molar-refractivity contribution is 6.18. The van der Waals surface area contributed by atoms with Crippen LogP contribution >= 0.6 is 0 Å². The Labute approximate surface area is 384 Å². The SMILES string of the molecule is CC1(C)c2ccccc2-c2ccc(N(c3ccc(-c4ccccc4)cc3)c3ccc(-c4cccc5c4oc4ccc6c(c45)-c4ccccc4C64c5ccccc5-c5ccccc54)cc3)cc21. The van der Waals surface area contributed by atoms with Crippen LogP contribution in [0.4, 0.5) is 17.1 Å². The van der Waals surface area contributed by atoms with Crippen molar-refractivity contribution in [2.75, 3.05) is 4.90 Å². The van der Waals surface area contributed by atoms with E-state index in [9.17, 15) is 0 Å². The van der Waals surface area contributed by atoms with Gasteiger partial charge in [-0.05, 0) is 126 Å². The molecule has 0 bridgehead atoms. The van der Waals surface area contributed by atoms with E-state index in [0.717, 1.165) is 44.7 Å². The van der Waals surface area contributed by atoms with E-state index < -0.39 is 5.41 Å². The number of fused-ring (bicyclic) bond motifs is 17. The first-order valence-corrected chi connectivity index (χ1v) is 23.1. The van der Waals surface area contributed by atoms with Crippen LogP contribution in [0.3, 0.4) is 0 Å². The summed E-state index contributed by atoms with van der Waals surface area (Å²) in [6.45, 7) is 4.71. The molecule has 3 aliphatic rings. The number of nitrogens with zero attached hydrogens (tertiary/aromatic N) is 1. The van der Waals surface area contributed by atoms with Gasteiger partial charge in [0, 0.05) is 38.8 Å². The molecular weight excluding hydrogens is 799 g/mol. The topological polar surface area (TPSA) is 16.4 Å². The first-order chi connectivity index (χ1) is 32.5. The van der Waals surface area contributed by atoms with Gasteiger partial charge >= 0.3 is 0 Å². The highest BCUT2D eigenvalue weighted by Gasteiger charge is 2.52. The molecule has 0 N–H and O–H groups in total. The van der Waals surface area contributed by atoms with Crippen molar-refractivity contribution in [1.82, 2.24) is 0 Å². The van der Waals surface area contributed by atoms with Crippen LogP contribution in [0.2, 0.25) is 0 Å². The third-order valence-electron chi connectivity index (χ3n) is 15.1. The Morgan fingerprint density at radius 3 is 1.52 bits per heavy atom. The van der Waals surface area contributed by atoms with Gasteiger partial charge < -0.3 is 9.32 Å². The molecule has 1 spiro atoms. The van der Waals surface area contributed by atoms with Crippen molar-refractivity contribution in [3.05, 3.63) is 258 Å². The number of furan rings is 1. The minimum absolute atomic E-state index is 0.116. The van der Waals surface area contributed by atoms with Gasteiger partial charge in [-0.25, -0.2) is 0 Å². The van der Waals surface area contributed by atoms with E-state index in [0.29, 0.717) is 0 Å². The Balaban J connectivity index is 0.908. The minimum Gasteiger partial charge on any atom is -0.455 e. The molecule has 11 aromatic rings. The molecule has 10 aromatic carbocycles. The molecule has 66 heavy (non-hydrogen) atoms. The highest BCUT2D eigenvalue weighted by Crippen LogP contribution is 2.64. The number of para-hydroxylation sites is 1. The normalized spacial score (nSPS) is 14.2. The minimum atomic E-state index is -0.406. The molecule has 0 saturated carbocycles. The molecule has 0 saturated heterocycles. The molecule has 310 valence electrons. The largest absolute Gasteiger partial charge is 0.455 e. The Kier molecular flexibility index (Phi) is 7.70. The van der Waals surface area contributed by atoms with Crippen LogP contribution in [-0.2, 0) is 10.8 Å². The molecule has 2 heteroatoms. The van der Waals surface area contributed by atoms with Crippen molar-refractivity contribution in [3.8, 4) is 55.6 Å². The maximum atomic E-state index is 7.01. The summed E-state index contributed by atoms with van der Waals surface area (Å²) >= 11 is 0. The second-order valence-corrected chi connectivity index (χ2v) is 18.7. The van der Waals surface area contributed by atoms with Gasteiger partial charge in [0.25, 0.3) is 0 Å². The second-order valence-electron chi connectivity index (χ2n) is 18.7. The van der Waals surface area contributed by atoms with Gasteiger partial charge in [0.2, 0.25) is 0 Å². The van der Waals surface area contributed by atoms with Gasteiger partial charge in [0.1, 0.15) is 11.2 Å². The third-order valence-corrected chi connectivity index (χ3v) is 15.1. The molecule has 0 fully saturated rings. The van der Waals surface area contributed by atoms with Crippen LogP contribution < -0.4 is 4.90 Å². The highest BCUT2D eigenvalue weighted by atomic mass is 16.3. The molecular formula is C64H43NO. The fourth-order valence-electron chi connectivity index (χ4n) is 12.2. The zero-order valence-corrected chi connectivity index (χ0v) is 36.7. The summed E-state index contributed by atoms with van der Waals surface area (Å²) in [5.41, 5.74) is 25.1. The van der Waals surface area contributed by atoms with Gasteiger partial charge in [-0.1, -0.05) is 196 Å². The van der Waals surface area contributed by atoms with Gasteiger partial charge in [-0.3, -0.25) is 0 Å². The van der Waals surface area contributed by atoms with Gasteiger partial charge in [0.15, 0.2) is 0 Å². The third kappa shape index (κ3) is 4.96. The Bertz CT molecular complexity index is 3730. The molecule has 14 rings (SSSR count). The van der Waals surface area contributed by atoms with Crippen LogP contribution in [0, 0.1) is 0 Å². The molecule has 3 aliphatic carbocycles. The fourth-order valence-corrected chi connectivity index (χ4v) is 12.2. The smallest absolute Gasteiger partial charge is 0.143 e. The number of rotatable bonds is 5. The number of benzene rings is 10. The van der Waals surface area contributed by atoms with Crippen molar-refractivity contribution in [2.24, 2.45) is 0 Å². The number of hydrogen-bond donors (Lipinski definition) is 0. The Morgan fingerprint density at radius 1 is 0.348 bits per heavy atom. The van der Waals surface area contributed by atoms with E-state index in [1.165, 1.54) is 83.3 Å². The summed E-state index contributed by atoms with van der Waals surface area (Å²) in [6.07, 6.45) is 0. The summed E-state index contributed by atoms with van der Waals surface area (Å²) in [7, 11) is 0. The van der Waals surface area contributed by atoms with Crippen LogP contribution in [0.5, 0.6) is 0 Å². The predicted octanol–water partition coefficient (Wildman–Crippen LogP) is 17.0. The molecule has 0 unspecified atom stereocenters. The van der Waals surface area contributed by atoms with Crippen LogP contribution in [0.15, 0.2) is 229 Å². The lowest BCUT2D eigenvalue weighted by Gasteiger charge is -2.30. The lowest BCUT2D eigenvalue weighted by atomic mass is 9.70. The standard InChI is InChI=1S/C64H43NO/c1-63(2)53-23-10-6-17-47(53)50-36-35-45(39-58(50)63)65(43-31-27-41(28-32-43)40-15-4-3-5-16-40)44-33-29-42(30-34-44)46-21-14-22-52-61-59(66-62(46)52)38-37-57-60(61)51-20-9-13-26-56(51)64(57)54-24-11-7-18-48(54)49-19-8-12-25-55(49)64/h3-39H,1-2H3. The van der Waals surface area contributed by atoms with Gasteiger partial charge in [0.05, 0.1) is 5.41 Å². The van der Waals surface area contributed by atoms with Gasteiger partial charge in [-0.2, -0.15) is 0 Å². The lowest BCUT2D eigenvalue weighted by Crippen LogP contribution is -2.25. The van der Waals surface area contributed by atoms with Gasteiger partial charge in [-0.15, -0.1) is 0 Å². The van der Waals surface area contributed by atoms with Crippen molar-refractivity contribution in [2.45, 2.75) is 24.7 Å². The second kappa shape index (κ2) is 13.7. The molecule has 0 amide bonds. The van der Waals surface area contributed by atoms with Crippen LogP contribution in [0.25, 0.3) is 77.6 Å². The van der Waals surface area contributed by atoms with Crippen molar-refractivity contribution < 1.29 is 4.42 Å². The zero-order chi connectivity index (χ0) is 43.7. The molecule has 0 aliphatic heterocycles. The Morgan fingerprint density at radius 2 is 0.848 bits per heavy atom. The van der Waals surface area contributed by atoms with E-state index in [1.54, 1.807) is 0 Å². The average molecular weight is 842 g/mol. The average Bonchev–Trinajstić information content (AvgIpc) is 4.07. The predicted molar refractivity (Wildman–Crippen MR) is 273 cm³/mol. The summed E-state index contributed by atoms with van der Waals surface area (Å²) in [5.74, 6) is 0. The maximum absolute atomic E-state index is 7.01. The number of anilines is 3. The van der Waals surface area contributed by atoms with Crippen molar-refractivity contribution in [1.29, 1.82) is 0 Å². The molecule has 0 atom stereocenters. The maximum Gasteiger partial charge on any atom is 0.143 e. The van der Waals surface area contributed by atoms with E-state index in [4.69, 9.17) is 4.42 Å². The summed E-state index contributed by atoms with van der Waals surface area (Å²) in [5, 5.41) is 2.32. The summed E-state index contributed by atoms with van der Waals surface area (Å²) in [4.78, 5) is 2.40. The zero-order valence-electron chi connectivity index (χ0n) is 36.7. The first-order valence-electron chi connectivity index (χ1n) is 23.1. The Hall–Kier alpha value is -8.20. The van der Waals surface area contributed by atoms with E-state index in [1.807, 2.05) is 0 Å². The molecule has 1 aromatic heterocycles. The summed E-state index contributed by atoms with van der Waals surface area (Å²) < 4.78 is 7.01. The number of hydrogen-bond acceptors (Lipinski definition) is 2. The van der Waals surface area contributed by atoms with Crippen molar-refractivity contribution >= 4 is 39.0 Å². The fraction of sp³-hybridized carbons (Fsp3) is 0.0625. The van der Waals surface area contributed by atoms with Crippen LogP contribution in [0.1, 0.15) is 47.2 Å². The van der Waals surface area contributed by atoms with E-state index in [2.05, 4.69) is 243 Å². The van der Waals surface area contributed by atoms with E-state index >= 15 is 0 Å². The first kappa shape index (κ1) is 37.2.